The molecule has 0 spiro atoms. The molecule has 0 rings (SSSR count). The van der Waals surface area contributed by atoms with Gasteiger partial charge in [-0.25, -0.2) is 0 Å². The fourth-order valence-corrected chi connectivity index (χ4v) is 12.2. The summed E-state index contributed by atoms with van der Waals surface area (Å²) >= 11 is 0. The van der Waals surface area contributed by atoms with E-state index in [2.05, 4.69) is 42.5 Å². The molecule has 8 amide bonds. The van der Waals surface area contributed by atoms with Gasteiger partial charge in [-0.3, -0.25) is 52.7 Å². The van der Waals surface area contributed by atoms with E-state index >= 15 is 0 Å². The number of unbranched alkanes of at least 4 members (excludes halogenated alkanes) is 8. The second kappa shape index (κ2) is 64.0. The van der Waals surface area contributed by atoms with Crippen LogP contribution in [0.4, 0.5) is 0 Å². The van der Waals surface area contributed by atoms with Crippen molar-refractivity contribution in [2.45, 2.75) is 332 Å². The standard InChI is InChI=1S/C75H138N8O31/c1-45(2)66(101)50(44-58(97)52(82-60(99)28-14-20-42-113-74(109)64(80-48(5)90)69(104)56(95)32-38-86)25-9-7-8-23-51(92)24-12-18-40-111-72(107)62(78-46(3)88)67(102)54(93)30-36-84)22-10-16-35-77-71(106)53(83-61(100)29-15-21-43-114-75(110)65(81-49(6)91)70(105)57(96)33-39-87)26-11-17-34-76-59(98)27-13-19-41-112-73(108)63(79-47(4)89)68(103)55(94)31-37-85/h45,50,52-57,62-65,67-70,72-75,84-87,93-96,102-105,107-110H,7-44H2,1-6H3,(H,76,98)(H,77,106)(H,78,88)(H,79,89)(H,80,90)(H,81,91)(H,82,99)(H,83,100). The molecule has 39 heteroatoms. The Morgan fingerprint density at radius 1 is 0.316 bits per heavy atom. The Labute approximate surface area is 667 Å². The third kappa shape index (κ3) is 49.3. The number of Topliss-reactive ketones (excluding diaryl/α,β-unsaturated/α-hetero) is 3. The van der Waals surface area contributed by atoms with Crippen LogP contribution < -0.4 is 42.5 Å². The number of hydrogen-bond acceptors (Lipinski definition) is 31. The van der Waals surface area contributed by atoms with Crippen molar-refractivity contribution in [3.05, 3.63) is 0 Å². The summed E-state index contributed by atoms with van der Waals surface area (Å²) in [6.45, 7) is 5.72. The number of ketones is 3. The molecule has 0 aromatic carbocycles. The number of aliphatic hydroxyl groups excluding tert-OH is 16. The first kappa shape index (κ1) is 108. The normalized spacial score (nSPS) is 16.7. The fourth-order valence-electron chi connectivity index (χ4n) is 12.2. The number of nitrogens with one attached hydrogen (secondary N) is 8. The highest BCUT2D eigenvalue weighted by atomic mass is 16.6. The molecule has 0 aliphatic heterocycles. The van der Waals surface area contributed by atoms with Gasteiger partial charge in [-0.1, -0.05) is 33.1 Å². The molecular formula is C75H138N8O31. The van der Waals surface area contributed by atoms with Crippen LogP contribution in [0.1, 0.15) is 221 Å². The van der Waals surface area contributed by atoms with Gasteiger partial charge in [0.2, 0.25) is 47.3 Å². The lowest BCUT2D eigenvalue weighted by Crippen LogP contribution is -2.55. The highest BCUT2D eigenvalue weighted by Gasteiger charge is 2.38. The maximum atomic E-state index is 14.4. The Balaban J connectivity index is 6.27. The Morgan fingerprint density at radius 2 is 0.614 bits per heavy atom. The van der Waals surface area contributed by atoms with Gasteiger partial charge in [0.1, 0.15) is 66.2 Å². The SMILES string of the molecule is CC(=O)NC(C(O)OCCCCC(=O)CCCCCC(NC(=O)CCCCOC(O)C(NC(C)=O)C(O)C(O)CCO)C(=O)CC(CCCCNC(=O)C(CCCCNC(=O)CCCCOC(O)C(NC(C)=O)C(O)C(O)CCO)NC(=O)CCCCOC(O)C(NC(C)=O)C(O)C(O)CCO)C(=O)C(C)C)C(O)C(O)CCO. The number of carbonyl (C=O) groups excluding carboxylic acids is 11. The molecule has 0 fully saturated rings. The zero-order valence-corrected chi connectivity index (χ0v) is 67.2. The maximum absolute atomic E-state index is 14.4. The predicted molar refractivity (Wildman–Crippen MR) is 407 cm³/mol. The smallest absolute Gasteiger partial charge is 0.242 e. The zero-order chi connectivity index (χ0) is 86.3. The summed E-state index contributed by atoms with van der Waals surface area (Å²) in [7, 11) is 0. The minimum Gasteiger partial charge on any atom is -0.396 e. The average molecular weight is 1650 g/mol. The third-order valence-electron chi connectivity index (χ3n) is 18.6. The molecule has 114 heavy (non-hydrogen) atoms. The van der Waals surface area contributed by atoms with Gasteiger partial charge >= 0.3 is 0 Å². The van der Waals surface area contributed by atoms with Crippen LogP contribution in [0.25, 0.3) is 0 Å². The molecule has 0 aliphatic rings. The van der Waals surface area contributed by atoms with Gasteiger partial charge < -0.3 is 143 Å². The highest BCUT2D eigenvalue weighted by Crippen LogP contribution is 2.23. The van der Waals surface area contributed by atoms with Crippen LogP contribution in [0.3, 0.4) is 0 Å². The van der Waals surface area contributed by atoms with E-state index in [9.17, 15) is 124 Å². The summed E-state index contributed by atoms with van der Waals surface area (Å²) in [5.41, 5.74) is 0. The van der Waals surface area contributed by atoms with Crippen molar-refractivity contribution >= 4 is 64.6 Å². The maximum Gasteiger partial charge on any atom is 0.242 e. The topological polar surface area (TPSA) is 645 Å². The van der Waals surface area contributed by atoms with Crippen LogP contribution in [0, 0.1) is 11.8 Å². The first-order valence-corrected chi connectivity index (χ1v) is 39.8. The number of hydrogen-bond donors (Lipinski definition) is 24. The van der Waals surface area contributed by atoms with Crippen molar-refractivity contribution in [1.82, 2.24) is 42.5 Å². The lowest BCUT2D eigenvalue weighted by Gasteiger charge is -2.30. The Morgan fingerprint density at radius 3 is 0.956 bits per heavy atom. The first-order chi connectivity index (χ1) is 54.0. The number of rotatable bonds is 72. The molecule has 0 aromatic heterocycles. The molecule has 0 radical (unpaired) electrons. The van der Waals surface area contributed by atoms with Gasteiger partial charge in [-0.15, -0.1) is 0 Å². The van der Waals surface area contributed by atoms with Gasteiger partial charge in [0.15, 0.2) is 30.9 Å². The van der Waals surface area contributed by atoms with E-state index < -0.39 is 196 Å². The molecule has 19 atom stereocenters. The second-order valence-corrected chi connectivity index (χ2v) is 29.0. The molecule has 0 saturated carbocycles. The minimum atomic E-state index is -1.80. The molecule has 0 aliphatic carbocycles. The fraction of sp³-hybridized carbons (Fsp3) is 0.853. The number of ether oxygens (including phenoxy) is 4. The van der Waals surface area contributed by atoms with Crippen LogP contribution in [-0.2, 0) is 71.7 Å². The summed E-state index contributed by atoms with van der Waals surface area (Å²) in [5, 5.41) is 182. The monoisotopic (exact) mass is 1650 g/mol. The van der Waals surface area contributed by atoms with Crippen molar-refractivity contribution in [3.8, 4) is 0 Å². The predicted octanol–water partition coefficient (Wildman–Crippen LogP) is -4.69. The minimum absolute atomic E-state index is 0.0509. The molecule has 39 nitrogen and oxygen atoms in total. The van der Waals surface area contributed by atoms with E-state index in [1.165, 1.54) is 0 Å². The average Bonchev–Trinajstić information content (AvgIpc) is 0.894. The Kier molecular flexibility index (Phi) is 60.6. The van der Waals surface area contributed by atoms with Crippen LogP contribution in [0.15, 0.2) is 0 Å². The lowest BCUT2D eigenvalue weighted by molar-refractivity contribution is -0.160. The second-order valence-electron chi connectivity index (χ2n) is 29.0. The van der Waals surface area contributed by atoms with E-state index in [-0.39, 0.29) is 173 Å². The highest BCUT2D eigenvalue weighted by molar-refractivity contribution is 5.93. The van der Waals surface area contributed by atoms with Crippen LogP contribution in [0.2, 0.25) is 0 Å². The third-order valence-corrected chi connectivity index (χ3v) is 18.6. The van der Waals surface area contributed by atoms with E-state index in [4.69, 9.17) is 29.2 Å². The molecule has 0 heterocycles. The molecular weight excluding hydrogens is 1510 g/mol. The van der Waals surface area contributed by atoms with E-state index in [1.807, 2.05) is 0 Å². The zero-order valence-electron chi connectivity index (χ0n) is 67.2. The number of amides is 8. The Bertz CT molecular complexity index is 2710. The Hall–Kier alpha value is -6.03. The number of carbonyl (C=O) groups is 11. The summed E-state index contributed by atoms with van der Waals surface area (Å²) in [6, 6.07) is -7.92. The van der Waals surface area contributed by atoms with Crippen molar-refractivity contribution in [2.75, 3.05) is 65.9 Å². The van der Waals surface area contributed by atoms with Gasteiger partial charge in [0.25, 0.3) is 0 Å². The summed E-state index contributed by atoms with van der Waals surface area (Å²) in [4.78, 5) is 142. The van der Waals surface area contributed by atoms with Gasteiger partial charge in [-0.2, -0.15) is 0 Å². The van der Waals surface area contributed by atoms with E-state index in [1.54, 1.807) is 13.8 Å². The summed E-state index contributed by atoms with van der Waals surface area (Å²) in [5.74, 6) is -6.57. The molecule has 0 bridgehead atoms. The quantitative estimate of drug-likeness (QED) is 0.0201. The lowest BCUT2D eigenvalue weighted by atomic mass is 9.85. The molecule has 0 aromatic rings. The number of aliphatic hydroxyl groups is 16. The summed E-state index contributed by atoms with van der Waals surface area (Å²) in [6.07, 6.45) is -15.9. The van der Waals surface area contributed by atoms with E-state index in [0.29, 0.717) is 64.2 Å². The molecule has 664 valence electrons. The van der Waals surface area contributed by atoms with Gasteiger partial charge in [-0.05, 0) is 122 Å². The molecule has 0 saturated heterocycles. The molecule has 24 N–H and O–H groups in total. The summed E-state index contributed by atoms with van der Waals surface area (Å²) < 4.78 is 21.6. The van der Waals surface area contributed by atoms with Gasteiger partial charge in [0, 0.05) is 144 Å². The van der Waals surface area contributed by atoms with Crippen molar-refractivity contribution < 1.29 is 153 Å². The first-order valence-electron chi connectivity index (χ1n) is 39.8. The largest absolute Gasteiger partial charge is 0.396 e. The van der Waals surface area contributed by atoms with Crippen molar-refractivity contribution in [2.24, 2.45) is 11.8 Å². The van der Waals surface area contributed by atoms with Crippen LogP contribution in [-0.4, -0.2) is 322 Å². The van der Waals surface area contributed by atoms with Gasteiger partial charge in [0.05, 0.1) is 30.5 Å². The van der Waals surface area contributed by atoms with E-state index in [0.717, 1.165) is 27.7 Å². The molecule has 19 unspecified atom stereocenters. The van der Waals surface area contributed by atoms with Crippen molar-refractivity contribution in [1.29, 1.82) is 0 Å². The van der Waals surface area contributed by atoms with Crippen LogP contribution in [0.5, 0.6) is 0 Å². The van der Waals surface area contributed by atoms with Crippen molar-refractivity contribution in [3.63, 3.8) is 0 Å². The van der Waals surface area contributed by atoms with Crippen LogP contribution >= 0.6 is 0 Å².